The minimum atomic E-state index is -1.07. The van der Waals surface area contributed by atoms with Crippen molar-refractivity contribution in [1.29, 1.82) is 0 Å². The van der Waals surface area contributed by atoms with E-state index in [2.05, 4.69) is 0 Å². The number of carbonyl (C=O) groups is 2. The summed E-state index contributed by atoms with van der Waals surface area (Å²) in [5, 5.41) is 0.664. The minimum absolute atomic E-state index is 0.196. The van der Waals surface area contributed by atoms with E-state index in [4.69, 9.17) is 16.3 Å². The number of carbonyl (C=O) groups excluding carboxylic acids is 2. The van der Waals surface area contributed by atoms with Crippen LogP contribution in [0.25, 0.3) is 11.1 Å². The van der Waals surface area contributed by atoms with Crippen LogP contribution in [0.4, 0.5) is 0 Å². The van der Waals surface area contributed by atoms with Crippen LogP contribution in [0.1, 0.15) is 30.9 Å². The van der Waals surface area contributed by atoms with Crippen LogP contribution in [0.5, 0.6) is 0 Å². The predicted octanol–water partition coefficient (Wildman–Crippen LogP) is 4.30. The summed E-state index contributed by atoms with van der Waals surface area (Å²) in [6, 6.07) is 13.2. The molecule has 0 bridgehead atoms. The first kappa shape index (κ1) is 15.8. The molecule has 1 atom stereocenters. The lowest BCUT2D eigenvalue weighted by atomic mass is 9.86. The number of esters is 1. The van der Waals surface area contributed by atoms with Crippen LogP contribution >= 0.6 is 11.6 Å². The van der Waals surface area contributed by atoms with Gasteiger partial charge in [-0.1, -0.05) is 35.9 Å². The first-order valence-corrected chi connectivity index (χ1v) is 7.81. The van der Waals surface area contributed by atoms with Crippen molar-refractivity contribution in [3.05, 3.63) is 58.6 Å². The van der Waals surface area contributed by atoms with E-state index in [1.165, 1.54) is 0 Å². The zero-order valence-electron chi connectivity index (χ0n) is 13.2. The first-order chi connectivity index (χ1) is 10.8. The SMILES string of the molecule is Cc1ccc(-c2ccc(Cl)cc2)cc1C1C(=O)OC(C)(C)C1=O. The molecular weight excluding hydrogens is 312 g/mol. The van der Waals surface area contributed by atoms with Gasteiger partial charge in [-0.25, -0.2) is 0 Å². The Bertz CT molecular complexity index is 791. The maximum atomic E-state index is 12.5. The largest absolute Gasteiger partial charge is 0.451 e. The van der Waals surface area contributed by atoms with E-state index in [-0.39, 0.29) is 5.78 Å². The van der Waals surface area contributed by atoms with Crippen LogP contribution < -0.4 is 0 Å². The topological polar surface area (TPSA) is 43.4 Å². The molecule has 0 N–H and O–H groups in total. The number of ketones is 1. The molecular formula is C19H17ClO3. The molecule has 1 heterocycles. The second-order valence-corrected chi connectivity index (χ2v) is 6.74. The number of hydrogen-bond acceptors (Lipinski definition) is 3. The Morgan fingerprint density at radius 2 is 1.61 bits per heavy atom. The number of halogens is 1. The third-order valence-electron chi connectivity index (χ3n) is 4.21. The quantitative estimate of drug-likeness (QED) is 0.609. The minimum Gasteiger partial charge on any atom is -0.451 e. The summed E-state index contributed by atoms with van der Waals surface area (Å²) < 4.78 is 5.24. The summed E-state index contributed by atoms with van der Waals surface area (Å²) in [6.07, 6.45) is 0. The van der Waals surface area contributed by atoms with Crippen LogP contribution in [-0.2, 0) is 14.3 Å². The van der Waals surface area contributed by atoms with Gasteiger partial charge in [-0.2, -0.15) is 0 Å². The van der Waals surface area contributed by atoms with E-state index in [0.29, 0.717) is 10.6 Å². The molecule has 0 aliphatic carbocycles. The highest BCUT2D eigenvalue weighted by molar-refractivity contribution is 6.30. The van der Waals surface area contributed by atoms with Crippen molar-refractivity contribution < 1.29 is 14.3 Å². The molecule has 2 aromatic rings. The Hall–Kier alpha value is -2.13. The second kappa shape index (κ2) is 5.50. The van der Waals surface area contributed by atoms with Crippen LogP contribution in [0, 0.1) is 6.92 Å². The summed E-state index contributed by atoms with van der Waals surface area (Å²) >= 11 is 5.92. The van der Waals surface area contributed by atoms with E-state index in [9.17, 15) is 9.59 Å². The smallest absolute Gasteiger partial charge is 0.322 e. The maximum absolute atomic E-state index is 12.5. The molecule has 3 rings (SSSR count). The van der Waals surface area contributed by atoms with Crippen LogP contribution in [0.15, 0.2) is 42.5 Å². The molecule has 0 saturated carbocycles. The molecule has 1 aliphatic rings. The normalized spacial score (nSPS) is 19.7. The van der Waals surface area contributed by atoms with Crippen LogP contribution in [0.3, 0.4) is 0 Å². The highest BCUT2D eigenvalue weighted by atomic mass is 35.5. The summed E-state index contributed by atoms with van der Waals surface area (Å²) in [5.74, 6) is -1.52. The Morgan fingerprint density at radius 1 is 1.00 bits per heavy atom. The summed E-state index contributed by atoms with van der Waals surface area (Å²) in [5.41, 5.74) is 2.46. The average molecular weight is 329 g/mol. The van der Waals surface area contributed by atoms with E-state index in [0.717, 1.165) is 16.7 Å². The summed E-state index contributed by atoms with van der Waals surface area (Å²) in [7, 11) is 0. The Balaban J connectivity index is 2.07. The Morgan fingerprint density at radius 3 is 2.17 bits per heavy atom. The van der Waals surface area contributed by atoms with Gasteiger partial charge in [0.2, 0.25) is 0 Å². The van der Waals surface area contributed by atoms with Crippen molar-refractivity contribution in [2.75, 3.05) is 0 Å². The van der Waals surface area contributed by atoms with Gasteiger partial charge in [-0.15, -0.1) is 0 Å². The van der Waals surface area contributed by atoms with Crippen molar-refractivity contribution in [3.63, 3.8) is 0 Å². The van der Waals surface area contributed by atoms with Gasteiger partial charge in [-0.3, -0.25) is 9.59 Å². The average Bonchev–Trinajstić information content (AvgIpc) is 2.69. The van der Waals surface area contributed by atoms with Crippen molar-refractivity contribution in [2.24, 2.45) is 0 Å². The molecule has 23 heavy (non-hydrogen) atoms. The van der Waals surface area contributed by atoms with Gasteiger partial charge >= 0.3 is 5.97 Å². The second-order valence-electron chi connectivity index (χ2n) is 6.31. The van der Waals surface area contributed by atoms with Crippen molar-refractivity contribution in [1.82, 2.24) is 0 Å². The van der Waals surface area contributed by atoms with Crippen molar-refractivity contribution in [3.8, 4) is 11.1 Å². The molecule has 1 aliphatic heterocycles. The number of benzene rings is 2. The molecule has 1 saturated heterocycles. The monoisotopic (exact) mass is 328 g/mol. The zero-order valence-corrected chi connectivity index (χ0v) is 14.0. The van der Waals surface area contributed by atoms with Gasteiger partial charge in [0.05, 0.1) is 0 Å². The number of cyclic esters (lactones) is 1. The highest BCUT2D eigenvalue weighted by Crippen LogP contribution is 2.37. The van der Waals surface area contributed by atoms with Crippen molar-refractivity contribution >= 4 is 23.4 Å². The molecule has 0 spiro atoms. The van der Waals surface area contributed by atoms with E-state index in [1.807, 2.05) is 49.4 Å². The first-order valence-electron chi connectivity index (χ1n) is 7.43. The molecule has 3 nitrogen and oxygen atoms in total. The Labute approximate surface area is 140 Å². The molecule has 4 heteroatoms. The maximum Gasteiger partial charge on any atom is 0.322 e. The lowest BCUT2D eigenvalue weighted by Gasteiger charge is -2.14. The van der Waals surface area contributed by atoms with Gasteiger partial charge in [0.1, 0.15) is 5.92 Å². The standard InChI is InChI=1S/C19H17ClO3/c1-11-4-5-13(12-6-8-14(20)9-7-12)10-15(11)16-17(21)19(2,3)23-18(16)22/h4-10,16H,1-3H3. The summed E-state index contributed by atoms with van der Waals surface area (Å²) in [4.78, 5) is 24.7. The van der Waals surface area contributed by atoms with Crippen LogP contribution in [0.2, 0.25) is 5.02 Å². The Kier molecular flexibility index (Phi) is 3.77. The highest BCUT2D eigenvalue weighted by Gasteiger charge is 2.50. The van der Waals surface area contributed by atoms with E-state index < -0.39 is 17.5 Å². The third-order valence-corrected chi connectivity index (χ3v) is 4.47. The van der Waals surface area contributed by atoms with Gasteiger partial charge in [0.25, 0.3) is 0 Å². The fraction of sp³-hybridized carbons (Fsp3) is 0.263. The number of rotatable bonds is 2. The van der Waals surface area contributed by atoms with E-state index >= 15 is 0 Å². The molecule has 0 radical (unpaired) electrons. The zero-order chi connectivity index (χ0) is 16.8. The van der Waals surface area contributed by atoms with Gasteiger partial charge in [0.15, 0.2) is 11.4 Å². The molecule has 118 valence electrons. The van der Waals surface area contributed by atoms with Gasteiger partial charge in [-0.05, 0) is 61.2 Å². The summed E-state index contributed by atoms with van der Waals surface area (Å²) in [6.45, 7) is 5.16. The number of ether oxygens (including phenoxy) is 1. The van der Waals surface area contributed by atoms with Crippen molar-refractivity contribution in [2.45, 2.75) is 32.3 Å². The number of hydrogen-bond donors (Lipinski definition) is 0. The molecule has 1 unspecified atom stereocenters. The molecule has 1 fully saturated rings. The molecule has 0 aromatic heterocycles. The molecule has 2 aromatic carbocycles. The predicted molar refractivity (Wildman–Crippen MR) is 89.5 cm³/mol. The lowest BCUT2D eigenvalue weighted by molar-refractivity contribution is -0.148. The number of aryl methyl sites for hydroxylation is 1. The number of Topliss-reactive ketones (excluding diaryl/α,β-unsaturated/α-hetero) is 1. The van der Waals surface area contributed by atoms with E-state index in [1.54, 1.807) is 13.8 Å². The molecule has 0 amide bonds. The van der Waals surface area contributed by atoms with Gasteiger partial charge < -0.3 is 4.74 Å². The fourth-order valence-electron chi connectivity index (χ4n) is 2.86. The van der Waals surface area contributed by atoms with Gasteiger partial charge in [0, 0.05) is 5.02 Å². The van der Waals surface area contributed by atoms with Crippen LogP contribution in [-0.4, -0.2) is 17.4 Å². The third kappa shape index (κ3) is 2.77. The lowest BCUT2D eigenvalue weighted by Crippen LogP contribution is -2.29. The fourth-order valence-corrected chi connectivity index (χ4v) is 2.98.